The van der Waals surface area contributed by atoms with Gasteiger partial charge in [0.1, 0.15) is 0 Å². The first-order valence-electron chi connectivity index (χ1n) is 9.96. The quantitative estimate of drug-likeness (QED) is 0.319. The Hall–Kier alpha value is -3.12. The largest absolute Gasteiger partial charge is 0.0713 e. The van der Waals surface area contributed by atoms with Crippen LogP contribution < -0.4 is 0 Å². The summed E-state index contributed by atoms with van der Waals surface area (Å²) in [5, 5.41) is 0. The zero-order valence-corrected chi connectivity index (χ0v) is 16.7. The van der Waals surface area contributed by atoms with Gasteiger partial charge in [-0.2, -0.15) is 0 Å². The molecule has 0 bridgehead atoms. The molecule has 0 radical (unpaired) electrons. The SMILES string of the molecule is Cc1ccc(C2(c3ccc(C)cc3)c3ccccc3-c3c(C)cccc32)cc1. The van der Waals surface area contributed by atoms with E-state index in [-0.39, 0.29) is 5.41 Å². The van der Waals surface area contributed by atoms with E-state index in [1.807, 2.05) is 0 Å². The first-order chi connectivity index (χ1) is 13.6. The number of hydrogen-bond acceptors (Lipinski definition) is 0. The molecule has 0 aliphatic heterocycles. The van der Waals surface area contributed by atoms with Gasteiger partial charge in [0.25, 0.3) is 0 Å². The number of benzene rings is 4. The van der Waals surface area contributed by atoms with E-state index in [0.29, 0.717) is 0 Å². The van der Waals surface area contributed by atoms with E-state index < -0.39 is 0 Å². The van der Waals surface area contributed by atoms with E-state index >= 15 is 0 Å². The predicted octanol–water partition coefficient (Wildman–Crippen LogP) is 6.97. The monoisotopic (exact) mass is 360 g/mol. The van der Waals surface area contributed by atoms with Crippen molar-refractivity contribution in [3.05, 3.63) is 130 Å². The maximum atomic E-state index is 2.32. The fraction of sp³-hybridized carbons (Fsp3) is 0.143. The van der Waals surface area contributed by atoms with Crippen LogP contribution in [0.1, 0.15) is 38.9 Å². The van der Waals surface area contributed by atoms with E-state index in [9.17, 15) is 0 Å². The van der Waals surface area contributed by atoms with Crippen LogP contribution in [0, 0.1) is 20.8 Å². The van der Waals surface area contributed by atoms with Gasteiger partial charge in [0.15, 0.2) is 0 Å². The molecule has 0 saturated carbocycles. The van der Waals surface area contributed by atoms with Crippen molar-refractivity contribution in [3.8, 4) is 11.1 Å². The van der Waals surface area contributed by atoms with Crippen LogP contribution in [0.2, 0.25) is 0 Å². The van der Waals surface area contributed by atoms with E-state index in [0.717, 1.165) is 0 Å². The van der Waals surface area contributed by atoms with Gasteiger partial charge in [0.2, 0.25) is 0 Å². The molecule has 4 aromatic carbocycles. The van der Waals surface area contributed by atoms with E-state index in [1.165, 1.54) is 50.1 Å². The highest BCUT2D eigenvalue weighted by Gasteiger charge is 2.46. The molecule has 0 fully saturated rings. The fourth-order valence-electron chi connectivity index (χ4n) is 4.91. The highest BCUT2D eigenvalue weighted by Crippen LogP contribution is 2.56. The van der Waals surface area contributed by atoms with Crippen molar-refractivity contribution in [1.82, 2.24) is 0 Å². The minimum Gasteiger partial charge on any atom is -0.0619 e. The van der Waals surface area contributed by atoms with Gasteiger partial charge in [-0.15, -0.1) is 0 Å². The molecule has 0 aromatic heterocycles. The Kier molecular flexibility index (Phi) is 3.77. The fourth-order valence-corrected chi connectivity index (χ4v) is 4.91. The van der Waals surface area contributed by atoms with Crippen LogP contribution in [0.3, 0.4) is 0 Å². The normalized spacial score (nSPS) is 13.8. The van der Waals surface area contributed by atoms with Crippen molar-refractivity contribution < 1.29 is 0 Å². The third-order valence-electron chi connectivity index (χ3n) is 6.25. The minimum atomic E-state index is -0.278. The minimum absolute atomic E-state index is 0.278. The Labute approximate surface area is 167 Å². The molecular formula is C28H24. The lowest BCUT2D eigenvalue weighted by atomic mass is 9.67. The second-order valence-electron chi connectivity index (χ2n) is 8.03. The van der Waals surface area contributed by atoms with Crippen LogP contribution in [0.4, 0.5) is 0 Å². The third kappa shape index (κ3) is 2.24. The Morgan fingerprint density at radius 2 is 1.04 bits per heavy atom. The summed E-state index contributed by atoms with van der Waals surface area (Å²) in [5.41, 5.74) is 11.8. The molecule has 28 heavy (non-hydrogen) atoms. The summed E-state index contributed by atoms with van der Waals surface area (Å²) in [7, 11) is 0. The summed E-state index contributed by atoms with van der Waals surface area (Å²) in [6.45, 7) is 6.54. The summed E-state index contributed by atoms with van der Waals surface area (Å²) in [6, 6.07) is 33.9. The first-order valence-corrected chi connectivity index (χ1v) is 9.96. The Morgan fingerprint density at radius 3 is 1.64 bits per heavy atom. The third-order valence-corrected chi connectivity index (χ3v) is 6.25. The van der Waals surface area contributed by atoms with E-state index in [2.05, 4.69) is 112 Å². The van der Waals surface area contributed by atoms with Crippen LogP contribution in [-0.2, 0) is 5.41 Å². The van der Waals surface area contributed by atoms with Crippen molar-refractivity contribution in [3.63, 3.8) is 0 Å². The first kappa shape index (κ1) is 17.0. The standard InChI is InChI=1S/C28H24/c1-19-11-15-22(16-12-19)28(23-17-13-20(2)14-18-23)25-9-5-4-8-24(25)27-21(3)7-6-10-26(27)28/h4-18H,1-3H3. The molecule has 4 aromatic rings. The smallest absolute Gasteiger partial charge is 0.0619 e. The predicted molar refractivity (Wildman–Crippen MR) is 118 cm³/mol. The molecular weight excluding hydrogens is 336 g/mol. The Balaban J connectivity index is 1.97. The average Bonchev–Trinajstić information content (AvgIpc) is 3.02. The highest BCUT2D eigenvalue weighted by molar-refractivity contribution is 5.87. The van der Waals surface area contributed by atoms with Crippen molar-refractivity contribution >= 4 is 0 Å². The summed E-state index contributed by atoms with van der Waals surface area (Å²) >= 11 is 0. The summed E-state index contributed by atoms with van der Waals surface area (Å²) in [6.07, 6.45) is 0. The molecule has 5 rings (SSSR count). The summed E-state index contributed by atoms with van der Waals surface area (Å²) < 4.78 is 0. The number of aryl methyl sites for hydroxylation is 3. The molecule has 0 N–H and O–H groups in total. The van der Waals surface area contributed by atoms with Crippen molar-refractivity contribution in [1.29, 1.82) is 0 Å². The molecule has 0 amide bonds. The summed E-state index contributed by atoms with van der Waals surface area (Å²) in [4.78, 5) is 0. The molecule has 1 aliphatic rings. The van der Waals surface area contributed by atoms with Gasteiger partial charge in [-0.05, 0) is 59.7 Å². The maximum absolute atomic E-state index is 2.32. The number of fused-ring (bicyclic) bond motifs is 3. The van der Waals surface area contributed by atoms with E-state index in [1.54, 1.807) is 0 Å². The molecule has 136 valence electrons. The molecule has 0 heterocycles. The van der Waals surface area contributed by atoms with Gasteiger partial charge in [0.05, 0.1) is 5.41 Å². The van der Waals surface area contributed by atoms with E-state index in [4.69, 9.17) is 0 Å². The van der Waals surface area contributed by atoms with Gasteiger partial charge < -0.3 is 0 Å². The molecule has 1 aliphatic carbocycles. The van der Waals surface area contributed by atoms with Crippen molar-refractivity contribution in [2.75, 3.05) is 0 Å². The topological polar surface area (TPSA) is 0 Å². The Bertz CT molecular complexity index is 1120. The average molecular weight is 361 g/mol. The molecule has 0 unspecified atom stereocenters. The van der Waals surface area contributed by atoms with Gasteiger partial charge >= 0.3 is 0 Å². The number of rotatable bonds is 2. The van der Waals surface area contributed by atoms with Crippen LogP contribution >= 0.6 is 0 Å². The lowest BCUT2D eigenvalue weighted by molar-refractivity contribution is 0.767. The number of hydrogen-bond donors (Lipinski definition) is 0. The summed E-state index contributed by atoms with van der Waals surface area (Å²) in [5.74, 6) is 0. The second-order valence-corrected chi connectivity index (χ2v) is 8.03. The molecule has 0 atom stereocenters. The van der Waals surface area contributed by atoms with Crippen LogP contribution in [0.15, 0.2) is 91.0 Å². The molecule has 0 saturated heterocycles. The van der Waals surface area contributed by atoms with Crippen molar-refractivity contribution in [2.24, 2.45) is 0 Å². The molecule has 0 heteroatoms. The van der Waals surface area contributed by atoms with Gasteiger partial charge in [-0.3, -0.25) is 0 Å². The highest BCUT2D eigenvalue weighted by atomic mass is 14.5. The van der Waals surface area contributed by atoms with Gasteiger partial charge in [0, 0.05) is 0 Å². The van der Waals surface area contributed by atoms with Gasteiger partial charge in [-0.25, -0.2) is 0 Å². The zero-order valence-electron chi connectivity index (χ0n) is 16.7. The Morgan fingerprint density at radius 1 is 0.500 bits per heavy atom. The maximum Gasteiger partial charge on any atom is 0.0713 e. The molecule has 0 spiro atoms. The van der Waals surface area contributed by atoms with Crippen LogP contribution in [-0.4, -0.2) is 0 Å². The zero-order chi connectivity index (χ0) is 19.3. The van der Waals surface area contributed by atoms with Gasteiger partial charge in [-0.1, -0.05) is 102 Å². The van der Waals surface area contributed by atoms with Crippen LogP contribution in [0.25, 0.3) is 11.1 Å². The second kappa shape index (κ2) is 6.21. The molecule has 0 nitrogen and oxygen atoms in total. The van der Waals surface area contributed by atoms with Crippen molar-refractivity contribution in [2.45, 2.75) is 26.2 Å². The van der Waals surface area contributed by atoms with Crippen LogP contribution in [0.5, 0.6) is 0 Å². The lowest BCUT2D eigenvalue weighted by Crippen LogP contribution is -2.28. The lowest BCUT2D eigenvalue weighted by Gasteiger charge is -2.34.